The second-order valence-corrected chi connectivity index (χ2v) is 5.10. The second kappa shape index (κ2) is 6.70. The summed E-state index contributed by atoms with van der Waals surface area (Å²) in [5.41, 5.74) is 1.54. The fourth-order valence-corrected chi connectivity index (χ4v) is 2.60. The van der Waals surface area contributed by atoms with Crippen LogP contribution in [0.2, 0.25) is 0 Å². The zero-order chi connectivity index (χ0) is 14.5. The molecule has 0 saturated carbocycles. The SMILES string of the molecule is CCOC1CCCN(C(=O)c2cc(C)nc(NC)c2)C1. The predicted molar refractivity (Wildman–Crippen MR) is 79.1 cm³/mol. The number of carbonyl (C=O) groups excluding carboxylic acids is 1. The normalized spacial score (nSPS) is 18.9. The summed E-state index contributed by atoms with van der Waals surface area (Å²) in [5.74, 6) is 0.795. The molecule has 0 spiro atoms. The number of nitrogens with zero attached hydrogens (tertiary/aromatic N) is 2. The van der Waals surface area contributed by atoms with Crippen molar-refractivity contribution >= 4 is 11.7 Å². The maximum atomic E-state index is 12.6. The van der Waals surface area contributed by atoms with Crippen molar-refractivity contribution in [2.45, 2.75) is 32.8 Å². The first-order chi connectivity index (χ1) is 9.63. The topological polar surface area (TPSA) is 54.5 Å². The fraction of sp³-hybridized carbons (Fsp3) is 0.600. The van der Waals surface area contributed by atoms with Crippen molar-refractivity contribution in [3.63, 3.8) is 0 Å². The van der Waals surface area contributed by atoms with Gasteiger partial charge in [-0.05, 0) is 38.8 Å². The van der Waals surface area contributed by atoms with Crippen molar-refractivity contribution in [2.75, 3.05) is 32.1 Å². The molecule has 2 rings (SSSR count). The van der Waals surface area contributed by atoms with Crippen LogP contribution in [0.4, 0.5) is 5.82 Å². The summed E-state index contributed by atoms with van der Waals surface area (Å²) >= 11 is 0. The summed E-state index contributed by atoms with van der Waals surface area (Å²) in [6.07, 6.45) is 2.21. The number of nitrogens with one attached hydrogen (secondary N) is 1. The number of pyridine rings is 1. The van der Waals surface area contributed by atoms with Crippen molar-refractivity contribution in [1.29, 1.82) is 0 Å². The molecule has 1 aliphatic heterocycles. The molecule has 5 nitrogen and oxygen atoms in total. The highest BCUT2D eigenvalue weighted by Crippen LogP contribution is 2.18. The van der Waals surface area contributed by atoms with E-state index in [9.17, 15) is 4.79 Å². The first-order valence-corrected chi connectivity index (χ1v) is 7.21. The van der Waals surface area contributed by atoms with Gasteiger partial charge in [0.25, 0.3) is 5.91 Å². The van der Waals surface area contributed by atoms with E-state index in [-0.39, 0.29) is 12.0 Å². The largest absolute Gasteiger partial charge is 0.377 e. The first kappa shape index (κ1) is 14.8. The van der Waals surface area contributed by atoms with Gasteiger partial charge in [-0.15, -0.1) is 0 Å². The molecule has 1 aromatic rings. The lowest BCUT2D eigenvalue weighted by Crippen LogP contribution is -2.43. The molecule has 110 valence electrons. The summed E-state index contributed by atoms with van der Waals surface area (Å²) in [4.78, 5) is 18.8. The summed E-state index contributed by atoms with van der Waals surface area (Å²) < 4.78 is 5.65. The number of aromatic nitrogens is 1. The summed E-state index contributed by atoms with van der Waals surface area (Å²) in [6, 6.07) is 3.65. The van der Waals surface area contributed by atoms with E-state index in [2.05, 4.69) is 10.3 Å². The zero-order valence-electron chi connectivity index (χ0n) is 12.5. The molecule has 2 heterocycles. The average Bonchev–Trinajstić information content (AvgIpc) is 2.46. The molecule has 0 radical (unpaired) electrons. The highest BCUT2D eigenvalue weighted by Gasteiger charge is 2.25. The van der Waals surface area contributed by atoms with Crippen LogP contribution >= 0.6 is 0 Å². The standard InChI is InChI=1S/C15H23N3O2/c1-4-20-13-6-5-7-18(10-13)15(19)12-8-11(2)17-14(9-12)16-3/h8-9,13H,4-7,10H2,1-3H3,(H,16,17). The van der Waals surface area contributed by atoms with E-state index in [1.165, 1.54) is 0 Å². The summed E-state index contributed by atoms with van der Waals surface area (Å²) in [7, 11) is 1.81. The highest BCUT2D eigenvalue weighted by molar-refractivity contribution is 5.95. The average molecular weight is 277 g/mol. The number of likely N-dealkylation sites (tertiary alicyclic amines) is 1. The summed E-state index contributed by atoms with van der Waals surface area (Å²) in [6.45, 7) is 6.08. The Labute approximate surface area is 120 Å². The minimum Gasteiger partial charge on any atom is -0.377 e. The van der Waals surface area contributed by atoms with Crippen LogP contribution in [0.15, 0.2) is 12.1 Å². The van der Waals surface area contributed by atoms with Gasteiger partial charge in [0.15, 0.2) is 0 Å². The molecule has 1 unspecified atom stereocenters. The molecule has 20 heavy (non-hydrogen) atoms. The van der Waals surface area contributed by atoms with Crippen molar-refractivity contribution in [2.24, 2.45) is 0 Å². The second-order valence-electron chi connectivity index (χ2n) is 5.10. The van der Waals surface area contributed by atoms with Gasteiger partial charge >= 0.3 is 0 Å². The molecule has 1 atom stereocenters. The molecule has 1 N–H and O–H groups in total. The quantitative estimate of drug-likeness (QED) is 0.915. The molecule has 1 aromatic heterocycles. The Hall–Kier alpha value is -1.62. The molecule has 1 saturated heterocycles. The van der Waals surface area contributed by atoms with Crippen LogP contribution in [-0.2, 0) is 4.74 Å². The van der Waals surface area contributed by atoms with E-state index in [0.29, 0.717) is 18.7 Å². The maximum Gasteiger partial charge on any atom is 0.254 e. The van der Waals surface area contributed by atoms with E-state index in [1.807, 2.05) is 31.9 Å². The molecular formula is C15H23N3O2. The number of piperidine rings is 1. The van der Waals surface area contributed by atoms with Gasteiger partial charge in [0, 0.05) is 38.0 Å². The Morgan fingerprint density at radius 1 is 1.55 bits per heavy atom. The lowest BCUT2D eigenvalue weighted by Gasteiger charge is -2.32. The van der Waals surface area contributed by atoms with Crippen LogP contribution < -0.4 is 5.32 Å². The molecule has 0 aromatic carbocycles. The molecule has 0 aliphatic carbocycles. The third-order valence-electron chi connectivity index (χ3n) is 3.52. The lowest BCUT2D eigenvalue weighted by molar-refractivity contribution is 0.00724. The molecule has 1 amide bonds. The number of aryl methyl sites for hydroxylation is 1. The maximum absolute atomic E-state index is 12.6. The zero-order valence-corrected chi connectivity index (χ0v) is 12.5. The fourth-order valence-electron chi connectivity index (χ4n) is 2.60. The van der Waals surface area contributed by atoms with Crippen LogP contribution in [0.25, 0.3) is 0 Å². The van der Waals surface area contributed by atoms with Crippen LogP contribution in [0, 0.1) is 6.92 Å². The predicted octanol–water partition coefficient (Wildman–Crippen LogP) is 2.07. The van der Waals surface area contributed by atoms with Gasteiger partial charge in [0.05, 0.1) is 6.10 Å². The Morgan fingerprint density at radius 2 is 2.35 bits per heavy atom. The van der Waals surface area contributed by atoms with Gasteiger partial charge in [-0.2, -0.15) is 0 Å². The van der Waals surface area contributed by atoms with Crippen molar-refractivity contribution in [3.8, 4) is 0 Å². The van der Waals surface area contributed by atoms with Crippen LogP contribution in [0.5, 0.6) is 0 Å². The summed E-state index contributed by atoms with van der Waals surface area (Å²) in [5, 5.41) is 2.99. The highest BCUT2D eigenvalue weighted by atomic mass is 16.5. The van der Waals surface area contributed by atoms with Gasteiger partial charge in [0.1, 0.15) is 5.82 Å². The smallest absolute Gasteiger partial charge is 0.254 e. The van der Waals surface area contributed by atoms with Gasteiger partial charge in [-0.1, -0.05) is 0 Å². The number of rotatable bonds is 4. The van der Waals surface area contributed by atoms with E-state index in [0.717, 1.165) is 30.9 Å². The number of hydrogen-bond acceptors (Lipinski definition) is 4. The molecule has 1 aliphatic rings. The van der Waals surface area contributed by atoms with Crippen molar-refractivity contribution < 1.29 is 9.53 Å². The Balaban J connectivity index is 2.12. The minimum absolute atomic E-state index is 0.0661. The number of amides is 1. The molecule has 5 heteroatoms. The third kappa shape index (κ3) is 3.48. The van der Waals surface area contributed by atoms with Crippen LogP contribution in [-0.4, -0.2) is 48.6 Å². The molecular weight excluding hydrogens is 254 g/mol. The number of ether oxygens (including phenoxy) is 1. The number of hydrogen-bond donors (Lipinski definition) is 1. The van der Waals surface area contributed by atoms with Crippen molar-refractivity contribution in [1.82, 2.24) is 9.88 Å². The van der Waals surface area contributed by atoms with E-state index in [4.69, 9.17) is 4.74 Å². The lowest BCUT2D eigenvalue weighted by atomic mass is 10.1. The molecule has 0 bridgehead atoms. The van der Waals surface area contributed by atoms with E-state index < -0.39 is 0 Å². The number of carbonyl (C=O) groups is 1. The van der Waals surface area contributed by atoms with Gasteiger partial charge < -0.3 is 15.0 Å². The molecule has 1 fully saturated rings. The van der Waals surface area contributed by atoms with E-state index >= 15 is 0 Å². The minimum atomic E-state index is 0.0661. The van der Waals surface area contributed by atoms with Gasteiger partial charge in [-0.25, -0.2) is 4.98 Å². The Morgan fingerprint density at radius 3 is 3.05 bits per heavy atom. The Kier molecular flexibility index (Phi) is 4.95. The van der Waals surface area contributed by atoms with Gasteiger partial charge in [0.2, 0.25) is 0 Å². The number of anilines is 1. The monoisotopic (exact) mass is 277 g/mol. The van der Waals surface area contributed by atoms with Crippen LogP contribution in [0.1, 0.15) is 35.8 Å². The van der Waals surface area contributed by atoms with Gasteiger partial charge in [-0.3, -0.25) is 4.79 Å². The third-order valence-corrected chi connectivity index (χ3v) is 3.52. The van der Waals surface area contributed by atoms with Crippen molar-refractivity contribution in [3.05, 3.63) is 23.4 Å². The Bertz CT molecular complexity index is 474. The first-order valence-electron chi connectivity index (χ1n) is 7.21. The van der Waals surface area contributed by atoms with E-state index in [1.54, 1.807) is 6.07 Å². The van der Waals surface area contributed by atoms with Crippen LogP contribution in [0.3, 0.4) is 0 Å².